The van der Waals surface area contributed by atoms with Gasteiger partial charge >= 0.3 is 29.6 Å². The molecule has 10 heteroatoms. The molecule has 0 aromatic heterocycles. The van der Waals surface area contributed by atoms with E-state index in [0.29, 0.717) is 28.0 Å². The van der Waals surface area contributed by atoms with E-state index in [1.165, 1.54) is 11.8 Å². The van der Waals surface area contributed by atoms with E-state index in [1.54, 1.807) is 12.1 Å². The summed E-state index contributed by atoms with van der Waals surface area (Å²) in [6.45, 7) is 1.44. The third-order valence-electron chi connectivity index (χ3n) is 5.55. The van der Waals surface area contributed by atoms with Crippen LogP contribution in [0.2, 0.25) is 0 Å². The quantitative estimate of drug-likeness (QED) is 0.183. The molecule has 1 amide bonds. The molecular formula is C32H23BrN3NaO4S. The Bertz CT molecular complexity index is 1670. The molecule has 5 rings (SSSR count). The SMILES string of the molecule is CC(=O)O.N#Cc1ccccc1-c1ccc(COc2ccc(Br)cc2C=C2SC(=Nc3cc[c-]cc3)NC2=O)cc1.[Na+]. The number of halogens is 1. The number of carbonyl (C=O) groups is 2. The molecule has 0 aliphatic carbocycles. The molecule has 204 valence electrons. The number of aliphatic carboxylic acids is 1. The first kappa shape index (κ1) is 32.9. The van der Waals surface area contributed by atoms with Crippen LogP contribution in [0.3, 0.4) is 0 Å². The van der Waals surface area contributed by atoms with E-state index in [1.807, 2.05) is 84.9 Å². The standard InChI is InChI=1S/C30H19BrN3O2S.C2H4O2.Na/c31-24-14-15-27(36-19-20-10-12-21(13-11-20)26-9-5-4-6-22(26)18-32)23(16-24)17-28-29(35)34-30(37-28)33-25-7-2-1-3-8-25;1-2(3)4;/h2-17H,19H2,(H,33,34,35);1H3,(H,3,4);/q-1;;+1. The van der Waals surface area contributed by atoms with Crippen LogP contribution in [0.25, 0.3) is 17.2 Å². The average molecular weight is 649 g/mol. The van der Waals surface area contributed by atoms with Crippen LogP contribution in [0, 0.1) is 17.4 Å². The molecule has 4 aromatic carbocycles. The maximum atomic E-state index is 12.6. The van der Waals surface area contributed by atoms with Crippen LogP contribution >= 0.6 is 27.7 Å². The molecule has 2 N–H and O–H groups in total. The second-order valence-electron chi connectivity index (χ2n) is 8.58. The van der Waals surface area contributed by atoms with Gasteiger partial charge in [0.05, 0.1) is 16.5 Å². The third kappa shape index (κ3) is 9.44. The number of nitriles is 1. The Kier molecular flexibility index (Phi) is 12.6. The Labute approximate surface area is 278 Å². The number of benzene rings is 4. The summed E-state index contributed by atoms with van der Waals surface area (Å²) in [5.41, 5.74) is 5.04. The summed E-state index contributed by atoms with van der Waals surface area (Å²) in [5, 5.41) is 20.1. The molecule has 0 saturated carbocycles. The van der Waals surface area contributed by atoms with Crippen LogP contribution in [-0.2, 0) is 16.2 Å². The summed E-state index contributed by atoms with van der Waals surface area (Å²) in [6, 6.07) is 33.6. The van der Waals surface area contributed by atoms with Gasteiger partial charge in [-0.2, -0.15) is 23.5 Å². The molecule has 0 atom stereocenters. The number of nitrogens with one attached hydrogen (secondary N) is 1. The van der Waals surface area contributed by atoms with Crippen molar-refractivity contribution in [1.82, 2.24) is 5.32 Å². The van der Waals surface area contributed by atoms with Crippen LogP contribution < -0.4 is 39.6 Å². The first-order valence-electron chi connectivity index (χ1n) is 12.3. The normalized spacial score (nSPS) is 13.8. The molecule has 4 aromatic rings. The summed E-state index contributed by atoms with van der Waals surface area (Å²) < 4.78 is 7.02. The molecule has 0 radical (unpaired) electrons. The zero-order valence-corrected chi connectivity index (χ0v) is 27.2. The number of carbonyl (C=O) groups excluding carboxylic acids is 1. The third-order valence-corrected chi connectivity index (χ3v) is 6.95. The predicted molar refractivity (Wildman–Crippen MR) is 164 cm³/mol. The fourth-order valence-electron chi connectivity index (χ4n) is 3.73. The van der Waals surface area contributed by atoms with E-state index in [2.05, 4.69) is 38.4 Å². The first-order chi connectivity index (χ1) is 19.8. The van der Waals surface area contributed by atoms with Crippen LogP contribution in [0.15, 0.2) is 105 Å². The Morgan fingerprint density at radius 1 is 1.12 bits per heavy atom. The minimum Gasteiger partial charge on any atom is -0.488 e. The largest absolute Gasteiger partial charge is 1.00 e. The summed E-state index contributed by atoms with van der Waals surface area (Å²) in [6.07, 6.45) is 1.81. The van der Waals surface area contributed by atoms with Gasteiger partial charge in [-0.15, -0.1) is 12.1 Å². The zero-order chi connectivity index (χ0) is 29.2. The van der Waals surface area contributed by atoms with E-state index in [9.17, 15) is 10.1 Å². The van der Waals surface area contributed by atoms with Gasteiger partial charge in [-0.05, 0) is 64.5 Å². The van der Waals surface area contributed by atoms with Gasteiger partial charge in [0.15, 0.2) is 5.17 Å². The van der Waals surface area contributed by atoms with Crippen molar-refractivity contribution in [3.63, 3.8) is 0 Å². The topological polar surface area (TPSA) is 112 Å². The van der Waals surface area contributed by atoms with Gasteiger partial charge < -0.3 is 15.2 Å². The van der Waals surface area contributed by atoms with E-state index >= 15 is 0 Å². The van der Waals surface area contributed by atoms with E-state index in [0.717, 1.165) is 39.3 Å². The molecule has 0 bridgehead atoms. The van der Waals surface area contributed by atoms with Crippen LogP contribution in [0.4, 0.5) is 5.69 Å². The van der Waals surface area contributed by atoms with Crippen molar-refractivity contribution < 1.29 is 49.0 Å². The van der Waals surface area contributed by atoms with Gasteiger partial charge in [0, 0.05) is 17.0 Å². The predicted octanol–water partition coefficient (Wildman–Crippen LogP) is 4.35. The molecule has 1 aliphatic heterocycles. The van der Waals surface area contributed by atoms with Crippen molar-refractivity contribution in [2.75, 3.05) is 0 Å². The minimum atomic E-state index is -0.833. The van der Waals surface area contributed by atoms with E-state index in [4.69, 9.17) is 14.6 Å². The molecule has 7 nitrogen and oxygen atoms in total. The molecule has 0 unspecified atom stereocenters. The van der Waals surface area contributed by atoms with E-state index in [-0.39, 0.29) is 35.5 Å². The minimum absolute atomic E-state index is 0. The first-order valence-corrected chi connectivity index (χ1v) is 13.9. The van der Waals surface area contributed by atoms with Gasteiger partial charge in [-0.1, -0.05) is 58.4 Å². The summed E-state index contributed by atoms with van der Waals surface area (Å²) in [5.74, 6) is -0.377. The number of aliphatic imine (C=N–C) groups is 1. The van der Waals surface area contributed by atoms with Crippen molar-refractivity contribution in [3.8, 4) is 22.9 Å². The second-order valence-corrected chi connectivity index (χ2v) is 10.5. The van der Waals surface area contributed by atoms with Crippen molar-refractivity contribution in [1.29, 1.82) is 5.26 Å². The van der Waals surface area contributed by atoms with Gasteiger partial charge in [-0.3, -0.25) is 14.6 Å². The van der Waals surface area contributed by atoms with E-state index < -0.39 is 5.97 Å². The summed E-state index contributed by atoms with van der Waals surface area (Å²) in [7, 11) is 0. The van der Waals surface area contributed by atoms with Crippen molar-refractivity contribution >= 4 is 56.5 Å². The number of rotatable bonds is 6. The second kappa shape index (κ2) is 16.1. The number of ether oxygens (including phenoxy) is 1. The maximum absolute atomic E-state index is 12.6. The Morgan fingerprint density at radius 2 is 1.81 bits per heavy atom. The molecule has 1 aliphatic rings. The van der Waals surface area contributed by atoms with Crippen molar-refractivity contribution in [3.05, 3.63) is 123 Å². The number of amidine groups is 1. The fraction of sp³-hybridized carbons (Fsp3) is 0.0625. The number of amides is 1. The van der Waals surface area contributed by atoms with Gasteiger partial charge in [0.25, 0.3) is 11.9 Å². The van der Waals surface area contributed by atoms with Crippen LogP contribution in [0.5, 0.6) is 5.75 Å². The molecule has 0 spiro atoms. The van der Waals surface area contributed by atoms with Gasteiger partial charge in [0.1, 0.15) is 12.4 Å². The zero-order valence-electron chi connectivity index (χ0n) is 22.8. The smallest absolute Gasteiger partial charge is 0.488 e. The number of nitrogens with zero attached hydrogens (tertiary/aromatic N) is 2. The Hall–Kier alpha value is -3.65. The fourth-order valence-corrected chi connectivity index (χ4v) is 4.94. The van der Waals surface area contributed by atoms with Crippen LogP contribution in [0.1, 0.15) is 23.6 Å². The van der Waals surface area contributed by atoms with Gasteiger partial charge in [-0.25, -0.2) is 0 Å². The molecule has 1 saturated heterocycles. The number of hydrogen-bond donors (Lipinski definition) is 2. The Balaban J connectivity index is 0.000000911. The van der Waals surface area contributed by atoms with Crippen LogP contribution in [-0.4, -0.2) is 22.2 Å². The van der Waals surface area contributed by atoms with Gasteiger partial charge in [0.2, 0.25) is 0 Å². The number of hydrogen-bond acceptors (Lipinski definition) is 6. The summed E-state index contributed by atoms with van der Waals surface area (Å²) >= 11 is 4.80. The molecule has 1 fully saturated rings. The van der Waals surface area contributed by atoms with Crippen molar-refractivity contribution in [2.45, 2.75) is 13.5 Å². The number of carboxylic acid groups (broad SMARTS) is 1. The molecular weight excluding hydrogens is 625 g/mol. The number of thioether (sulfide) groups is 1. The maximum Gasteiger partial charge on any atom is 1.00 e. The van der Waals surface area contributed by atoms with Crippen molar-refractivity contribution in [2.24, 2.45) is 4.99 Å². The Morgan fingerprint density at radius 3 is 2.50 bits per heavy atom. The molecule has 1 heterocycles. The average Bonchev–Trinajstić information content (AvgIpc) is 3.31. The summed E-state index contributed by atoms with van der Waals surface area (Å²) in [4.78, 5) is 26.6. The number of carboxylic acids is 1. The molecule has 42 heavy (non-hydrogen) atoms. The monoisotopic (exact) mass is 647 g/mol.